The molecule has 0 N–H and O–H groups in total. The van der Waals surface area contributed by atoms with Crippen LogP contribution in [0, 0.1) is 6.92 Å². The van der Waals surface area contributed by atoms with Crippen LogP contribution >= 0.6 is 0 Å². The van der Waals surface area contributed by atoms with E-state index in [9.17, 15) is 0 Å². The number of nitrogens with zero attached hydrogens (tertiary/aromatic N) is 5. The first-order chi connectivity index (χ1) is 12.6. The number of rotatable bonds is 3. The Kier molecular flexibility index (Phi) is 4.94. The summed E-state index contributed by atoms with van der Waals surface area (Å²) in [7, 11) is 0. The lowest BCUT2D eigenvalue weighted by atomic mass is 9.95. The standard InChI is InChI=1S/C20H29N5O/c1-14-12-24(13-15(2)26-14)18-9-10-21-19(11-18)20-23-22-16(3)25(20)17-7-5-4-6-8-17/h9-11,14-15,17H,4-8,12-13H2,1-3H3/t14-,15+. The molecule has 2 atom stereocenters. The third-order valence-electron chi connectivity index (χ3n) is 5.56. The summed E-state index contributed by atoms with van der Waals surface area (Å²) in [5.41, 5.74) is 2.10. The van der Waals surface area contributed by atoms with E-state index in [2.05, 4.69) is 57.6 Å². The maximum absolute atomic E-state index is 5.87. The lowest BCUT2D eigenvalue weighted by Gasteiger charge is -2.36. The van der Waals surface area contributed by atoms with E-state index in [0.29, 0.717) is 6.04 Å². The molecule has 1 saturated heterocycles. The zero-order valence-electron chi connectivity index (χ0n) is 16.1. The maximum Gasteiger partial charge on any atom is 0.182 e. The molecule has 0 bridgehead atoms. The number of morpholine rings is 1. The van der Waals surface area contributed by atoms with Crippen LogP contribution < -0.4 is 4.90 Å². The number of hydrogen-bond donors (Lipinski definition) is 0. The van der Waals surface area contributed by atoms with Gasteiger partial charge in [0.2, 0.25) is 0 Å². The van der Waals surface area contributed by atoms with Gasteiger partial charge in [0.05, 0.1) is 12.2 Å². The fourth-order valence-electron chi connectivity index (χ4n) is 4.45. The Hall–Kier alpha value is -1.95. The molecule has 1 aliphatic heterocycles. The largest absolute Gasteiger partial charge is 0.372 e. The van der Waals surface area contributed by atoms with Crippen LogP contribution in [0.1, 0.15) is 57.8 Å². The molecule has 0 aromatic carbocycles. The number of hydrogen-bond acceptors (Lipinski definition) is 5. The molecule has 26 heavy (non-hydrogen) atoms. The first-order valence-electron chi connectivity index (χ1n) is 9.90. The first kappa shape index (κ1) is 17.5. The number of aromatic nitrogens is 4. The van der Waals surface area contributed by atoms with E-state index in [1.165, 1.54) is 37.8 Å². The molecule has 0 amide bonds. The Bertz CT molecular complexity index is 742. The van der Waals surface area contributed by atoms with Crippen molar-refractivity contribution in [3.8, 4) is 11.5 Å². The Morgan fingerprint density at radius 1 is 1.04 bits per heavy atom. The van der Waals surface area contributed by atoms with Crippen molar-refractivity contribution < 1.29 is 4.74 Å². The van der Waals surface area contributed by atoms with Gasteiger partial charge in [-0.3, -0.25) is 4.98 Å². The molecular weight excluding hydrogens is 326 g/mol. The Balaban J connectivity index is 1.65. The smallest absolute Gasteiger partial charge is 0.182 e. The van der Waals surface area contributed by atoms with Gasteiger partial charge in [-0.15, -0.1) is 10.2 Å². The van der Waals surface area contributed by atoms with Crippen molar-refractivity contribution in [1.29, 1.82) is 0 Å². The maximum atomic E-state index is 5.87. The molecule has 2 aliphatic rings. The van der Waals surface area contributed by atoms with Gasteiger partial charge < -0.3 is 14.2 Å². The minimum absolute atomic E-state index is 0.239. The number of pyridine rings is 1. The summed E-state index contributed by atoms with van der Waals surface area (Å²) in [5, 5.41) is 8.86. The van der Waals surface area contributed by atoms with Crippen molar-refractivity contribution in [2.75, 3.05) is 18.0 Å². The van der Waals surface area contributed by atoms with Crippen LogP contribution in [0.4, 0.5) is 5.69 Å². The predicted octanol–water partition coefficient (Wildman–Crippen LogP) is 3.77. The van der Waals surface area contributed by atoms with Crippen LogP contribution in [0.5, 0.6) is 0 Å². The van der Waals surface area contributed by atoms with E-state index < -0.39 is 0 Å². The van der Waals surface area contributed by atoms with Gasteiger partial charge in [-0.25, -0.2) is 0 Å². The van der Waals surface area contributed by atoms with Crippen LogP contribution in [0.15, 0.2) is 18.3 Å². The van der Waals surface area contributed by atoms with Crippen LogP contribution in [-0.4, -0.2) is 45.0 Å². The Labute approximate surface area is 155 Å². The highest BCUT2D eigenvalue weighted by Gasteiger charge is 2.25. The van der Waals surface area contributed by atoms with Gasteiger partial charge >= 0.3 is 0 Å². The van der Waals surface area contributed by atoms with Crippen LogP contribution in [0.25, 0.3) is 11.5 Å². The second-order valence-corrected chi connectivity index (χ2v) is 7.79. The van der Waals surface area contributed by atoms with Crippen molar-refractivity contribution >= 4 is 5.69 Å². The van der Waals surface area contributed by atoms with Crippen molar-refractivity contribution in [3.63, 3.8) is 0 Å². The Morgan fingerprint density at radius 2 is 1.77 bits per heavy atom. The molecule has 0 radical (unpaired) electrons. The first-order valence-corrected chi connectivity index (χ1v) is 9.90. The van der Waals surface area contributed by atoms with E-state index in [-0.39, 0.29) is 12.2 Å². The summed E-state index contributed by atoms with van der Waals surface area (Å²) in [6.45, 7) is 8.13. The average Bonchev–Trinajstić information content (AvgIpc) is 3.03. The molecule has 0 spiro atoms. The zero-order chi connectivity index (χ0) is 18.1. The average molecular weight is 355 g/mol. The summed E-state index contributed by atoms with van der Waals surface area (Å²) in [5.74, 6) is 1.90. The number of ether oxygens (including phenoxy) is 1. The van der Waals surface area contributed by atoms with E-state index in [4.69, 9.17) is 4.74 Å². The van der Waals surface area contributed by atoms with E-state index in [1.807, 2.05) is 6.20 Å². The molecule has 6 nitrogen and oxygen atoms in total. The highest BCUT2D eigenvalue weighted by atomic mass is 16.5. The molecule has 140 valence electrons. The third-order valence-corrected chi connectivity index (χ3v) is 5.56. The molecule has 2 aromatic heterocycles. The molecule has 0 unspecified atom stereocenters. The number of anilines is 1. The summed E-state index contributed by atoms with van der Waals surface area (Å²) in [6, 6.07) is 4.75. The van der Waals surface area contributed by atoms with Gasteiger partial charge in [0.1, 0.15) is 11.5 Å². The summed E-state index contributed by atoms with van der Waals surface area (Å²) < 4.78 is 8.19. The normalized spacial score (nSPS) is 24.8. The summed E-state index contributed by atoms with van der Waals surface area (Å²) >= 11 is 0. The van der Waals surface area contributed by atoms with Gasteiger partial charge in [0, 0.05) is 31.0 Å². The van der Waals surface area contributed by atoms with Gasteiger partial charge in [0.25, 0.3) is 0 Å². The monoisotopic (exact) mass is 355 g/mol. The quantitative estimate of drug-likeness (QED) is 0.839. The SMILES string of the molecule is Cc1nnc(-c2cc(N3C[C@@H](C)O[C@@H](C)C3)ccn2)n1C1CCCCC1. The lowest BCUT2D eigenvalue weighted by molar-refractivity contribution is -0.00521. The van der Waals surface area contributed by atoms with Crippen LogP contribution in [0.2, 0.25) is 0 Å². The van der Waals surface area contributed by atoms with Crippen molar-refractivity contribution in [1.82, 2.24) is 19.7 Å². The molecule has 4 rings (SSSR count). The van der Waals surface area contributed by atoms with Crippen LogP contribution in [-0.2, 0) is 4.74 Å². The highest BCUT2D eigenvalue weighted by molar-refractivity contribution is 5.59. The van der Waals surface area contributed by atoms with Gasteiger partial charge in [-0.2, -0.15) is 0 Å². The lowest BCUT2D eigenvalue weighted by Crippen LogP contribution is -2.45. The molecule has 3 heterocycles. The van der Waals surface area contributed by atoms with Gasteiger partial charge in [0.15, 0.2) is 5.82 Å². The second kappa shape index (κ2) is 7.35. The topological polar surface area (TPSA) is 56.1 Å². The molecule has 6 heteroatoms. The van der Waals surface area contributed by atoms with E-state index in [1.54, 1.807) is 0 Å². The molecule has 2 fully saturated rings. The number of aryl methyl sites for hydroxylation is 1. The zero-order valence-corrected chi connectivity index (χ0v) is 16.1. The van der Waals surface area contributed by atoms with Gasteiger partial charge in [-0.1, -0.05) is 19.3 Å². The van der Waals surface area contributed by atoms with Crippen molar-refractivity contribution in [2.45, 2.75) is 71.1 Å². The van der Waals surface area contributed by atoms with Crippen molar-refractivity contribution in [3.05, 3.63) is 24.2 Å². The van der Waals surface area contributed by atoms with Crippen molar-refractivity contribution in [2.24, 2.45) is 0 Å². The molecule has 1 aliphatic carbocycles. The van der Waals surface area contributed by atoms with E-state index >= 15 is 0 Å². The third kappa shape index (κ3) is 3.47. The van der Waals surface area contributed by atoms with E-state index in [0.717, 1.165) is 30.4 Å². The fourth-order valence-corrected chi connectivity index (χ4v) is 4.45. The van der Waals surface area contributed by atoms with Crippen LogP contribution in [0.3, 0.4) is 0 Å². The summed E-state index contributed by atoms with van der Waals surface area (Å²) in [4.78, 5) is 7.02. The molecule has 2 aromatic rings. The predicted molar refractivity (Wildman–Crippen MR) is 102 cm³/mol. The minimum Gasteiger partial charge on any atom is -0.372 e. The summed E-state index contributed by atoms with van der Waals surface area (Å²) in [6.07, 6.45) is 8.72. The molecular formula is C20H29N5O. The highest BCUT2D eigenvalue weighted by Crippen LogP contribution is 2.33. The molecule has 1 saturated carbocycles. The Morgan fingerprint density at radius 3 is 2.50 bits per heavy atom. The minimum atomic E-state index is 0.239. The fraction of sp³-hybridized carbons (Fsp3) is 0.650. The van der Waals surface area contributed by atoms with Gasteiger partial charge in [-0.05, 0) is 45.7 Å². The second-order valence-electron chi connectivity index (χ2n) is 7.79.